The van der Waals surface area contributed by atoms with E-state index < -0.39 is 12.0 Å². The van der Waals surface area contributed by atoms with E-state index in [1.54, 1.807) is 6.07 Å². The number of hydrogen-bond donors (Lipinski definition) is 3. The van der Waals surface area contributed by atoms with Crippen molar-refractivity contribution >= 4 is 28.6 Å². The predicted octanol–water partition coefficient (Wildman–Crippen LogP) is 2.79. The molecular weight excluding hydrogens is 306 g/mol. The molecule has 3 rings (SSSR count). The van der Waals surface area contributed by atoms with Crippen molar-refractivity contribution in [3.8, 4) is 0 Å². The second-order valence-electron chi connectivity index (χ2n) is 6.14. The zero-order valence-corrected chi connectivity index (χ0v) is 13.6. The van der Waals surface area contributed by atoms with Crippen molar-refractivity contribution in [3.63, 3.8) is 0 Å². The van der Waals surface area contributed by atoms with Crippen molar-refractivity contribution < 1.29 is 14.7 Å². The number of amides is 1. The molecule has 1 atom stereocenters. The number of aromatic nitrogens is 1. The highest BCUT2D eigenvalue weighted by Gasteiger charge is 2.25. The molecule has 0 spiro atoms. The van der Waals surface area contributed by atoms with E-state index in [4.69, 9.17) is 0 Å². The molecule has 1 aliphatic rings. The topological polar surface area (TPSA) is 91.3 Å². The maximum Gasteiger partial charge on any atom is 0.326 e. The molecule has 1 saturated carbocycles. The van der Waals surface area contributed by atoms with Gasteiger partial charge in [0.05, 0.1) is 11.1 Å². The van der Waals surface area contributed by atoms with Crippen molar-refractivity contribution in [2.75, 3.05) is 5.32 Å². The number of pyridine rings is 1. The molecule has 6 heteroatoms. The van der Waals surface area contributed by atoms with Crippen LogP contribution in [0.3, 0.4) is 0 Å². The van der Waals surface area contributed by atoms with Gasteiger partial charge in [0.15, 0.2) is 0 Å². The van der Waals surface area contributed by atoms with Crippen molar-refractivity contribution in [1.82, 2.24) is 10.3 Å². The van der Waals surface area contributed by atoms with Gasteiger partial charge in [-0.05, 0) is 31.4 Å². The smallest absolute Gasteiger partial charge is 0.326 e. The summed E-state index contributed by atoms with van der Waals surface area (Å²) in [4.78, 5) is 28.3. The predicted molar refractivity (Wildman–Crippen MR) is 92.2 cm³/mol. The van der Waals surface area contributed by atoms with Gasteiger partial charge in [-0.3, -0.25) is 4.79 Å². The number of carbonyl (C=O) groups is 2. The number of anilines is 1. The number of hydrogen-bond acceptors (Lipinski definition) is 4. The van der Waals surface area contributed by atoms with Gasteiger partial charge in [0.1, 0.15) is 11.9 Å². The van der Waals surface area contributed by atoms with Crippen molar-refractivity contribution in [2.45, 2.75) is 44.7 Å². The van der Waals surface area contributed by atoms with E-state index >= 15 is 0 Å². The number of benzene rings is 1. The lowest BCUT2D eigenvalue weighted by Gasteiger charge is -2.16. The van der Waals surface area contributed by atoms with E-state index in [-0.39, 0.29) is 11.9 Å². The zero-order chi connectivity index (χ0) is 17.1. The quantitative estimate of drug-likeness (QED) is 0.727. The van der Waals surface area contributed by atoms with E-state index in [9.17, 15) is 14.7 Å². The van der Waals surface area contributed by atoms with Crippen LogP contribution in [0.25, 0.3) is 10.9 Å². The molecule has 1 amide bonds. The SMILES string of the molecule is CCCC(Nc1cc(C(=O)NC2CC2)c2ccccc2n1)C(=O)O. The summed E-state index contributed by atoms with van der Waals surface area (Å²) in [6.45, 7) is 1.93. The molecule has 24 heavy (non-hydrogen) atoms. The van der Waals surface area contributed by atoms with Gasteiger partial charge >= 0.3 is 5.97 Å². The Morgan fingerprint density at radius 2 is 2.08 bits per heavy atom. The van der Waals surface area contributed by atoms with Crippen molar-refractivity contribution in [1.29, 1.82) is 0 Å². The van der Waals surface area contributed by atoms with E-state index in [0.717, 1.165) is 24.6 Å². The Balaban J connectivity index is 1.96. The summed E-state index contributed by atoms with van der Waals surface area (Å²) in [7, 11) is 0. The average Bonchev–Trinajstić information content (AvgIpc) is 3.37. The molecule has 1 aromatic carbocycles. The highest BCUT2D eigenvalue weighted by molar-refractivity contribution is 6.07. The minimum Gasteiger partial charge on any atom is -0.480 e. The second kappa shape index (κ2) is 6.86. The first kappa shape index (κ1) is 16.2. The average molecular weight is 327 g/mol. The van der Waals surface area contributed by atoms with Crippen LogP contribution in [0, 0.1) is 0 Å². The van der Waals surface area contributed by atoms with Gasteiger partial charge in [-0.15, -0.1) is 0 Å². The minimum atomic E-state index is -0.921. The molecule has 3 N–H and O–H groups in total. The standard InChI is InChI=1S/C18H21N3O3/c1-2-5-15(18(23)24)21-16-10-13(17(22)19-11-8-9-11)12-6-3-4-7-14(12)20-16/h3-4,6-7,10-11,15H,2,5,8-9H2,1H3,(H,19,22)(H,20,21)(H,23,24). The normalized spacial score (nSPS) is 15.0. The summed E-state index contributed by atoms with van der Waals surface area (Å²) in [6, 6.07) is 8.57. The molecule has 2 aromatic rings. The number of nitrogens with zero attached hydrogens (tertiary/aromatic N) is 1. The molecule has 6 nitrogen and oxygen atoms in total. The summed E-state index contributed by atoms with van der Waals surface area (Å²) in [5.41, 5.74) is 1.19. The van der Waals surface area contributed by atoms with Gasteiger partial charge in [-0.1, -0.05) is 31.5 Å². The molecule has 0 bridgehead atoms. The zero-order valence-electron chi connectivity index (χ0n) is 13.6. The first-order valence-electron chi connectivity index (χ1n) is 8.28. The first-order chi connectivity index (χ1) is 11.6. The Morgan fingerprint density at radius 3 is 2.75 bits per heavy atom. The highest BCUT2D eigenvalue weighted by Crippen LogP contribution is 2.24. The third-order valence-corrected chi connectivity index (χ3v) is 4.07. The van der Waals surface area contributed by atoms with Crippen LogP contribution >= 0.6 is 0 Å². The molecule has 0 radical (unpaired) electrons. The number of para-hydroxylation sites is 1. The van der Waals surface area contributed by atoms with Gasteiger partial charge in [-0.2, -0.15) is 0 Å². The number of fused-ring (bicyclic) bond motifs is 1. The van der Waals surface area contributed by atoms with Crippen LogP contribution in [0.4, 0.5) is 5.82 Å². The fourth-order valence-electron chi connectivity index (χ4n) is 2.65. The molecule has 1 aromatic heterocycles. The van der Waals surface area contributed by atoms with E-state index in [0.29, 0.717) is 23.3 Å². The van der Waals surface area contributed by atoms with Crippen LogP contribution in [0.15, 0.2) is 30.3 Å². The third kappa shape index (κ3) is 3.64. The summed E-state index contributed by atoms with van der Waals surface area (Å²) >= 11 is 0. The fraction of sp³-hybridized carbons (Fsp3) is 0.389. The van der Waals surface area contributed by atoms with Crippen LogP contribution in [0.5, 0.6) is 0 Å². The fourth-order valence-corrected chi connectivity index (χ4v) is 2.65. The molecule has 0 saturated heterocycles. The number of aliphatic carboxylic acids is 1. The number of nitrogens with one attached hydrogen (secondary N) is 2. The van der Waals surface area contributed by atoms with E-state index in [2.05, 4.69) is 15.6 Å². The van der Waals surface area contributed by atoms with E-state index in [1.807, 2.05) is 31.2 Å². The number of rotatable bonds is 7. The van der Waals surface area contributed by atoms with Crippen LogP contribution in [-0.4, -0.2) is 34.1 Å². The Morgan fingerprint density at radius 1 is 1.33 bits per heavy atom. The molecule has 1 fully saturated rings. The van der Waals surface area contributed by atoms with Gasteiger partial charge < -0.3 is 15.7 Å². The van der Waals surface area contributed by atoms with Gasteiger partial charge in [0.25, 0.3) is 5.91 Å². The molecule has 126 valence electrons. The highest BCUT2D eigenvalue weighted by atomic mass is 16.4. The third-order valence-electron chi connectivity index (χ3n) is 4.07. The maximum absolute atomic E-state index is 12.5. The Labute approximate surface area is 140 Å². The van der Waals surface area contributed by atoms with Crippen LogP contribution in [0.1, 0.15) is 43.0 Å². The number of carboxylic acid groups (broad SMARTS) is 1. The largest absolute Gasteiger partial charge is 0.480 e. The molecule has 1 aliphatic carbocycles. The molecule has 1 unspecified atom stereocenters. The maximum atomic E-state index is 12.5. The van der Waals surface area contributed by atoms with Gasteiger partial charge in [0, 0.05) is 11.4 Å². The van der Waals surface area contributed by atoms with Gasteiger partial charge in [-0.25, -0.2) is 9.78 Å². The summed E-state index contributed by atoms with van der Waals surface area (Å²) in [5, 5.41) is 16.0. The monoisotopic (exact) mass is 327 g/mol. The minimum absolute atomic E-state index is 0.137. The lowest BCUT2D eigenvalue weighted by molar-refractivity contribution is -0.138. The lowest BCUT2D eigenvalue weighted by Crippen LogP contribution is -2.30. The summed E-state index contributed by atoms with van der Waals surface area (Å²) < 4.78 is 0. The van der Waals surface area contributed by atoms with Crippen molar-refractivity contribution in [3.05, 3.63) is 35.9 Å². The summed E-state index contributed by atoms with van der Waals surface area (Å²) in [5.74, 6) is -0.646. The molecule has 0 aliphatic heterocycles. The number of carboxylic acids is 1. The van der Waals surface area contributed by atoms with E-state index in [1.165, 1.54) is 0 Å². The Bertz CT molecular complexity index is 771. The Hall–Kier alpha value is -2.63. The van der Waals surface area contributed by atoms with Gasteiger partial charge in [0.2, 0.25) is 0 Å². The molecular formula is C18H21N3O3. The second-order valence-corrected chi connectivity index (χ2v) is 6.14. The lowest BCUT2D eigenvalue weighted by atomic mass is 10.1. The van der Waals surface area contributed by atoms with Crippen LogP contribution < -0.4 is 10.6 Å². The first-order valence-corrected chi connectivity index (χ1v) is 8.28. The molecule has 1 heterocycles. The van der Waals surface area contributed by atoms with Crippen LogP contribution in [0.2, 0.25) is 0 Å². The van der Waals surface area contributed by atoms with Crippen molar-refractivity contribution in [2.24, 2.45) is 0 Å². The summed E-state index contributed by atoms with van der Waals surface area (Å²) in [6.07, 6.45) is 3.26. The Kier molecular flexibility index (Phi) is 4.64. The number of carbonyl (C=O) groups excluding carboxylic acids is 1. The van der Waals surface area contributed by atoms with Crippen LogP contribution in [-0.2, 0) is 4.79 Å².